The van der Waals surface area contributed by atoms with E-state index in [0.717, 1.165) is 21.2 Å². The molecule has 1 unspecified atom stereocenters. The van der Waals surface area contributed by atoms with Gasteiger partial charge in [0.15, 0.2) is 11.5 Å². The summed E-state index contributed by atoms with van der Waals surface area (Å²) in [7, 11) is 2.89. The molecule has 1 atom stereocenters. The van der Waals surface area contributed by atoms with E-state index in [9.17, 15) is 15.0 Å². The van der Waals surface area contributed by atoms with Crippen LogP contribution in [0.5, 0.6) is 0 Å². The molecule has 1 heterocycles. The van der Waals surface area contributed by atoms with Gasteiger partial charge in [-0.05, 0) is 35.9 Å². The van der Waals surface area contributed by atoms with Gasteiger partial charge in [0, 0.05) is 4.90 Å². The van der Waals surface area contributed by atoms with Crippen LogP contribution in [-0.2, 0) is 14.3 Å². The standard InChI is InChI=1S/C20H21NO5S/c1-25-16-9-13(10-17(26-2)20(16)24)7-8-19-21(11-14(23)12-22)15-5-3-4-6-18(15)27-19/h3-10,14,22-23H,11-12H2,1-2H3/b19-8+. The van der Waals surface area contributed by atoms with E-state index < -0.39 is 6.10 Å². The zero-order chi connectivity index (χ0) is 19.4. The summed E-state index contributed by atoms with van der Waals surface area (Å²) in [6.45, 7) is -0.0218. The van der Waals surface area contributed by atoms with Crippen molar-refractivity contribution in [2.24, 2.45) is 0 Å². The number of para-hydroxylation sites is 1. The quantitative estimate of drug-likeness (QED) is 0.776. The van der Waals surface area contributed by atoms with Crippen molar-refractivity contribution >= 4 is 23.2 Å². The minimum Gasteiger partial charge on any atom is -0.492 e. The van der Waals surface area contributed by atoms with Gasteiger partial charge in [-0.3, -0.25) is 4.79 Å². The molecular formula is C20H21NO5S. The molecule has 7 heteroatoms. The van der Waals surface area contributed by atoms with E-state index in [1.165, 1.54) is 14.2 Å². The van der Waals surface area contributed by atoms with Crippen LogP contribution in [0.3, 0.4) is 0 Å². The second-order valence-corrected chi connectivity index (χ2v) is 7.01. The van der Waals surface area contributed by atoms with Gasteiger partial charge in [-0.25, -0.2) is 0 Å². The van der Waals surface area contributed by atoms with Crippen molar-refractivity contribution in [1.82, 2.24) is 0 Å². The van der Waals surface area contributed by atoms with Gasteiger partial charge in [0.1, 0.15) is 0 Å². The Morgan fingerprint density at radius 2 is 1.81 bits per heavy atom. The first-order valence-electron chi connectivity index (χ1n) is 8.38. The number of hydrogen-bond donors (Lipinski definition) is 2. The highest BCUT2D eigenvalue weighted by Crippen LogP contribution is 2.45. The number of anilines is 1. The number of ether oxygens (including phenoxy) is 2. The highest BCUT2D eigenvalue weighted by atomic mass is 32.2. The molecule has 6 nitrogen and oxygen atoms in total. The zero-order valence-corrected chi connectivity index (χ0v) is 15.9. The number of thioether (sulfide) groups is 1. The second-order valence-electron chi connectivity index (χ2n) is 5.94. The third-order valence-electron chi connectivity index (χ3n) is 4.14. The van der Waals surface area contributed by atoms with Crippen LogP contribution in [0.2, 0.25) is 0 Å². The molecule has 2 aliphatic rings. The minimum atomic E-state index is -0.847. The van der Waals surface area contributed by atoms with Crippen molar-refractivity contribution in [2.45, 2.75) is 11.0 Å². The summed E-state index contributed by atoms with van der Waals surface area (Å²) in [4.78, 5) is 15.1. The van der Waals surface area contributed by atoms with Gasteiger partial charge < -0.3 is 24.6 Å². The van der Waals surface area contributed by atoms with Crippen molar-refractivity contribution in [3.63, 3.8) is 0 Å². The molecule has 1 aliphatic heterocycles. The molecule has 142 valence electrons. The van der Waals surface area contributed by atoms with Crippen molar-refractivity contribution in [2.75, 3.05) is 32.3 Å². The molecule has 27 heavy (non-hydrogen) atoms. The number of allylic oxidation sites excluding steroid dienone is 5. The van der Waals surface area contributed by atoms with Crippen LogP contribution in [0.1, 0.15) is 0 Å². The van der Waals surface area contributed by atoms with Crippen LogP contribution in [0.25, 0.3) is 0 Å². The highest BCUT2D eigenvalue weighted by molar-refractivity contribution is 8.03. The summed E-state index contributed by atoms with van der Waals surface area (Å²) >= 11 is 1.58. The summed E-state index contributed by atoms with van der Waals surface area (Å²) in [5, 5.41) is 20.0. The number of β-amino-alcohol motifs (C(OH)–C–C–N with tert-alkyl or cyclic N) is 1. The van der Waals surface area contributed by atoms with Gasteiger partial charge in [0.2, 0.25) is 0 Å². The van der Waals surface area contributed by atoms with Crippen LogP contribution in [0.15, 0.2) is 75.6 Å². The summed E-state index contributed by atoms with van der Waals surface area (Å²) in [6.07, 6.45) is 6.23. The van der Waals surface area contributed by atoms with E-state index in [-0.39, 0.29) is 30.5 Å². The summed E-state index contributed by atoms with van der Waals surface area (Å²) in [5.41, 5.74) is 1.75. The monoisotopic (exact) mass is 387 g/mol. The first-order chi connectivity index (χ1) is 13.1. The molecular weight excluding hydrogens is 366 g/mol. The number of benzene rings is 1. The molecule has 0 spiro atoms. The smallest absolute Gasteiger partial charge is 0.261 e. The molecule has 1 aromatic rings. The molecule has 1 aromatic carbocycles. The fraction of sp³-hybridized carbons (Fsp3) is 0.250. The SMILES string of the molecule is COC1=CC(=C/C=C2/Sc3ccccc3N2CC(O)CO)C=C(OC)C1=O. The van der Waals surface area contributed by atoms with Gasteiger partial charge in [-0.1, -0.05) is 30.0 Å². The zero-order valence-electron chi connectivity index (χ0n) is 15.1. The number of methoxy groups -OCH3 is 2. The van der Waals surface area contributed by atoms with Gasteiger partial charge in [0.25, 0.3) is 5.78 Å². The van der Waals surface area contributed by atoms with Gasteiger partial charge in [-0.15, -0.1) is 0 Å². The van der Waals surface area contributed by atoms with Crippen molar-refractivity contribution in [3.05, 3.63) is 70.7 Å². The average molecular weight is 387 g/mol. The molecule has 2 N–H and O–H groups in total. The van der Waals surface area contributed by atoms with Crippen LogP contribution in [0, 0.1) is 0 Å². The Hall–Kier alpha value is -2.48. The van der Waals surface area contributed by atoms with Gasteiger partial charge in [-0.2, -0.15) is 0 Å². The van der Waals surface area contributed by atoms with E-state index in [2.05, 4.69) is 0 Å². The normalized spacial score (nSPS) is 18.8. The first-order valence-corrected chi connectivity index (χ1v) is 9.20. The number of carbonyl (C=O) groups excluding carboxylic acids is 1. The predicted octanol–water partition coefficient (Wildman–Crippen LogP) is 2.36. The Morgan fingerprint density at radius 3 is 2.44 bits per heavy atom. The molecule has 0 fully saturated rings. The number of rotatable bonds is 6. The third-order valence-corrected chi connectivity index (χ3v) is 5.27. The molecule has 0 radical (unpaired) electrons. The first kappa shape index (κ1) is 19.3. The van der Waals surface area contributed by atoms with Crippen LogP contribution in [-0.4, -0.2) is 49.5 Å². The average Bonchev–Trinajstić information content (AvgIpc) is 3.04. The number of nitrogens with zero attached hydrogens (tertiary/aromatic N) is 1. The Balaban J connectivity index is 1.93. The lowest BCUT2D eigenvalue weighted by Gasteiger charge is -2.22. The highest BCUT2D eigenvalue weighted by Gasteiger charge is 2.26. The molecule has 0 bridgehead atoms. The van der Waals surface area contributed by atoms with Crippen LogP contribution in [0.4, 0.5) is 5.69 Å². The van der Waals surface area contributed by atoms with Crippen molar-refractivity contribution < 1.29 is 24.5 Å². The van der Waals surface area contributed by atoms with Crippen LogP contribution < -0.4 is 4.90 Å². The predicted molar refractivity (Wildman–Crippen MR) is 104 cm³/mol. The maximum atomic E-state index is 12.1. The van der Waals surface area contributed by atoms with E-state index >= 15 is 0 Å². The number of hydrogen-bond acceptors (Lipinski definition) is 7. The van der Waals surface area contributed by atoms with E-state index in [1.54, 1.807) is 23.9 Å². The lowest BCUT2D eigenvalue weighted by Crippen LogP contribution is -2.31. The maximum absolute atomic E-state index is 12.1. The topological polar surface area (TPSA) is 79.2 Å². The molecule has 1 aliphatic carbocycles. The Labute approximate surface area is 162 Å². The Morgan fingerprint density at radius 1 is 1.15 bits per heavy atom. The van der Waals surface area contributed by atoms with Gasteiger partial charge >= 0.3 is 0 Å². The third kappa shape index (κ3) is 4.10. The molecule has 0 amide bonds. The fourth-order valence-corrected chi connectivity index (χ4v) is 3.87. The fourth-order valence-electron chi connectivity index (χ4n) is 2.80. The van der Waals surface area contributed by atoms with Crippen molar-refractivity contribution in [1.29, 1.82) is 0 Å². The van der Waals surface area contributed by atoms with E-state index in [1.807, 2.05) is 41.3 Å². The second kappa shape index (κ2) is 8.47. The molecule has 0 saturated heterocycles. The number of aliphatic hydroxyl groups excluding tert-OH is 2. The Kier molecular flexibility index (Phi) is 6.05. The number of carbonyl (C=O) groups is 1. The van der Waals surface area contributed by atoms with Gasteiger partial charge in [0.05, 0.1) is 44.2 Å². The number of fused-ring (bicyclic) bond motifs is 1. The number of ketones is 1. The van der Waals surface area contributed by atoms with Crippen molar-refractivity contribution in [3.8, 4) is 0 Å². The lowest BCUT2D eigenvalue weighted by molar-refractivity contribution is -0.117. The number of Topliss-reactive ketones (excluding diaryl/α,β-unsaturated/α-hetero) is 1. The molecule has 3 rings (SSSR count). The molecule has 0 aromatic heterocycles. The van der Waals surface area contributed by atoms with E-state index in [4.69, 9.17) is 9.47 Å². The number of aliphatic hydroxyl groups is 2. The summed E-state index contributed by atoms with van der Waals surface area (Å²) < 4.78 is 10.3. The van der Waals surface area contributed by atoms with Crippen LogP contribution >= 0.6 is 11.8 Å². The Bertz CT molecular complexity index is 830. The van der Waals surface area contributed by atoms with E-state index in [0.29, 0.717) is 0 Å². The largest absolute Gasteiger partial charge is 0.492 e. The maximum Gasteiger partial charge on any atom is 0.261 e. The molecule has 0 saturated carbocycles. The lowest BCUT2D eigenvalue weighted by atomic mass is 10.1. The minimum absolute atomic E-state index is 0.217. The summed E-state index contributed by atoms with van der Waals surface area (Å²) in [5.74, 6) is 0.142. The summed E-state index contributed by atoms with van der Waals surface area (Å²) in [6, 6.07) is 7.89.